The van der Waals surface area contributed by atoms with Gasteiger partial charge in [0, 0.05) is 5.69 Å². The molecule has 2 rings (SSSR count). The normalized spacial score (nSPS) is 20.0. The Labute approximate surface area is 155 Å². The summed E-state index contributed by atoms with van der Waals surface area (Å²) in [5, 5.41) is 5.47. The van der Waals surface area contributed by atoms with Crippen molar-refractivity contribution < 1.29 is 14.4 Å². The van der Waals surface area contributed by atoms with Crippen LogP contribution >= 0.6 is 0 Å². The van der Waals surface area contributed by atoms with Gasteiger partial charge in [-0.25, -0.2) is 4.79 Å². The van der Waals surface area contributed by atoms with Gasteiger partial charge in [0.05, 0.1) is 0 Å². The molecule has 1 heterocycles. The minimum absolute atomic E-state index is 0.284. The van der Waals surface area contributed by atoms with Gasteiger partial charge in [-0.3, -0.25) is 14.5 Å². The third-order valence-electron chi connectivity index (χ3n) is 4.73. The quantitative estimate of drug-likeness (QED) is 0.732. The summed E-state index contributed by atoms with van der Waals surface area (Å²) in [6.07, 6.45) is 1.38. The van der Waals surface area contributed by atoms with E-state index >= 15 is 0 Å². The summed E-state index contributed by atoms with van der Waals surface area (Å²) in [7, 11) is 0. The zero-order valence-electron chi connectivity index (χ0n) is 16.3. The maximum absolute atomic E-state index is 12.6. The highest BCUT2D eigenvalue weighted by Crippen LogP contribution is 2.24. The molecule has 0 saturated carbocycles. The van der Waals surface area contributed by atoms with Crippen LogP contribution in [0.4, 0.5) is 10.5 Å². The minimum atomic E-state index is -0.930. The van der Waals surface area contributed by atoms with E-state index in [0.717, 1.165) is 11.3 Å². The first-order valence-corrected chi connectivity index (χ1v) is 9.16. The SMILES string of the molecule is CC(C)CC[C@@]1(C)NC(=O)N(CC(=O)Nc2ccc(C(C)C)cc2)C1=O. The first kappa shape index (κ1) is 19.9. The molecule has 0 aromatic heterocycles. The summed E-state index contributed by atoms with van der Waals surface area (Å²) in [6.45, 7) is 9.77. The minimum Gasteiger partial charge on any atom is -0.325 e. The van der Waals surface area contributed by atoms with Gasteiger partial charge >= 0.3 is 6.03 Å². The Hall–Kier alpha value is -2.37. The van der Waals surface area contributed by atoms with Crippen LogP contribution in [0.15, 0.2) is 24.3 Å². The fourth-order valence-corrected chi connectivity index (χ4v) is 2.93. The highest BCUT2D eigenvalue weighted by molar-refractivity contribution is 6.09. The molecule has 0 aliphatic carbocycles. The van der Waals surface area contributed by atoms with Crippen molar-refractivity contribution in [3.05, 3.63) is 29.8 Å². The van der Waals surface area contributed by atoms with Crippen molar-refractivity contribution in [3.8, 4) is 0 Å². The van der Waals surface area contributed by atoms with Gasteiger partial charge in [0.25, 0.3) is 5.91 Å². The number of hydrogen-bond donors (Lipinski definition) is 2. The number of hydrogen-bond acceptors (Lipinski definition) is 3. The molecule has 1 atom stereocenters. The van der Waals surface area contributed by atoms with Crippen LogP contribution in [-0.4, -0.2) is 34.8 Å². The monoisotopic (exact) mass is 359 g/mol. The van der Waals surface area contributed by atoms with Crippen molar-refractivity contribution in [1.29, 1.82) is 0 Å². The Bertz CT molecular complexity index is 682. The molecule has 2 N–H and O–H groups in total. The molecule has 1 aliphatic rings. The fourth-order valence-electron chi connectivity index (χ4n) is 2.93. The molecule has 26 heavy (non-hydrogen) atoms. The largest absolute Gasteiger partial charge is 0.325 e. The van der Waals surface area contributed by atoms with Crippen molar-refractivity contribution in [2.45, 2.75) is 58.9 Å². The van der Waals surface area contributed by atoms with Gasteiger partial charge in [0.2, 0.25) is 5.91 Å². The molecule has 6 heteroatoms. The molecule has 0 spiro atoms. The Morgan fingerprint density at radius 2 is 1.77 bits per heavy atom. The van der Waals surface area contributed by atoms with Crippen LogP contribution in [0.3, 0.4) is 0 Å². The third kappa shape index (κ3) is 4.62. The molecule has 1 fully saturated rings. The van der Waals surface area contributed by atoms with E-state index in [1.807, 2.05) is 24.3 Å². The molecular weight excluding hydrogens is 330 g/mol. The molecular formula is C20H29N3O3. The molecule has 1 aromatic rings. The van der Waals surface area contributed by atoms with Gasteiger partial charge in [-0.05, 0) is 49.3 Å². The predicted octanol–water partition coefficient (Wildman–Crippen LogP) is 3.50. The van der Waals surface area contributed by atoms with Crippen molar-refractivity contribution >= 4 is 23.5 Å². The number of nitrogens with one attached hydrogen (secondary N) is 2. The molecule has 142 valence electrons. The Morgan fingerprint density at radius 3 is 2.31 bits per heavy atom. The number of amides is 4. The number of carbonyl (C=O) groups is 3. The van der Waals surface area contributed by atoms with Crippen molar-refractivity contribution in [1.82, 2.24) is 10.2 Å². The molecule has 0 bridgehead atoms. The Kier molecular flexibility index (Phi) is 6.05. The van der Waals surface area contributed by atoms with Crippen LogP contribution in [0.25, 0.3) is 0 Å². The van der Waals surface area contributed by atoms with Gasteiger partial charge in [0.1, 0.15) is 12.1 Å². The van der Waals surface area contributed by atoms with E-state index in [0.29, 0.717) is 23.9 Å². The lowest BCUT2D eigenvalue weighted by atomic mass is 9.92. The maximum Gasteiger partial charge on any atom is 0.325 e. The average Bonchev–Trinajstić information content (AvgIpc) is 2.77. The number of rotatable bonds is 7. The van der Waals surface area contributed by atoms with Gasteiger partial charge < -0.3 is 10.6 Å². The van der Waals surface area contributed by atoms with Gasteiger partial charge in [-0.1, -0.05) is 39.8 Å². The van der Waals surface area contributed by atoms with Crippen LogP contribution in [0.1, 0.15) is 58.9 Å². The first-order chi connectivity index (χ1) is 12.1. The van der Waals surface area contributed by atoms with Crippen LogP contribution in [0.2, 0.25) is 0 Å². The molecule has 6 nitrogen and oxygen atoms in total. The first-order valence-electron chi connectivity index (χ1n) is 9.16. The highest BCUT2D eigenvalue weighted by Gasteiger charge is 2.47. The zero-order chi connectivity index (χ0) is 19.5. The highest BCUT2D eigenvalue weighted by atomic mass is 16.2. The molecule has 1 aliphatic heterocycles. The van der Waals surface area contributed by atoms with Gasteiger partial charge in [0.15, 0.2) is 0 Å². The van der Waals surface area contributed by atoms with E-state index in [9.17, 15) is 14.4 Å². The van der Waals surface area contributed by atoms with E-state index in [-0.39, 0.29) is 18.4 Å². The molecule has 1 aromatic carbocycles. The van der Waals surface area contributed by atoms with E-state index in [1.54, 1.807) is 6.92 Å². The van der Waals surface area contributed by atoms with Gasteiger partial charge in [-0.2, -0.15) is 0 Å². The number of nitrogens with zero attached hydrogens (tertiary/aromatic N) is 1. The number of imide groups is 1. The van der Waals surface area contributed by atoms with Crippen molar-refractivity contribution in [2.24, 2.45) is 5.92 Å². The van der Waals surface area contributed by atoms with E-state index in [4.69, 9.17) is 0 Å². The average molecular weight is 359 g/mol. The lowest BCUT2D eigenvalue weighted by Gasteiger charge is -2.22. The summed E-state index contributed by atoms with van der Waals surface area (Å²) >= 11 is 0. The van der Waals surface area contributed by atoms with Gasteiger partial charge in [-0.15, -0.1) is 0 Å². The second-order valence-electron chi connectivity index (χ2n) is 7.91. The van der Waals surface area contributed by atoms with E-state index < -0.39 is 11.6 Å². The summed E-state index contributed by atoms with van der Waals surface area (Å²) in [6, 6.07) is 7.05. The summed E-state index contributed by atoms with van der Waals surface area (Å²) in [4.78, 5) is 38.1. The number of urea groups is 1. The summed E-state index contributed by atoms with van der Waals surface area (Å²) < 4.78 is 0. The van der Waals surface area contributed by atoms with Crippen molar-refractivity contribution in [2.75, 3.05) is 11.9 Å². The molecule has 4 amide bonds. The fraction of sp³-hybridized carbons (Fsp3) is 0.550. The summed E-state index contributed by atoms with van der Waals surface area (Å²) in [5.74, 6) is 0.115. The molecule has 1 saturated heterocycles. The third-order valence-corrected chi connectivity index (χ3v) is 4.73. The zero-order valence-corrected chi connectivity index (χ0v) is 16.3. The van der Waals surface area contributed by atoms with Crippen LogP contribution in [-0.2, 0) is 9.59 Å². The van der Waals surface area contributed by atoms with E-state index in [2.05, 4.69) is 38.3 Å². The Balaban J connectivity index is 1.97. The lowest BCUT2D eigenvalue weighted by Crippen LogP contribution is -2.44. The maximum atomic E-state index is 12.6. The second kappa shape index (κ2) is 7.89. The molecule has 0 unspecified atom stereocenters. The number of anilines is 1. The van der Waals surface area contributed by atoms with Crippen molar-refractivity contribution in [3.63, 3.8) is 0 Å². The summed E-state index contributed by atoms with van der Waals surface area (Å²) in [5.41, 5.74) is 0.896. The topological polar surface area (TPSA) is 78.5 Å². The lowest BCUT2D eigenvalue weighted by molar-refractivity contribution is -0.133. The predicted molar refractivity (Wildman–Crippen MR) is 102 cm³/mol. The number of carbonyl (C=O) groups excluding carboxylic acids is 3. The Morgan fingerprint density at radius 1 is 1.15 bits per heavy atom. The second-order valence-corrected chi connectivity index (χ2v) is 7.91. The van der Waals surface area contributed by atoms with E-state index in [1.165, 1.54) is 5.56 Å². The smallest absolute Gasteiger partial charge is 0.325 e. The van der Waals surface area contributed by atoms with Crippen LogP contribution in [0, 0.1) is 5.92 Å². The number of benzene rings is 1. The standard InChI is InChI=1S/C20H29N3O3/c1-13(2)10-11-20(5)18(25)23(19(26)22-20)12-17(24)21-16-8-6-15(7-9-16)14(3)4/h6-9,13-14H,10-12H2,1-5H3,(H,21,24)(H,22,26)/t20-/m1/s1. The van der Waals surface area contributed by atoms with Crippen LogP contribution < -0.4 is 10.6 Å². The molecule has 0 radical (unpaired) electrons. The van der Waals surface area contributed by atoms with Crippen LogP contribution in [0.5, 0.6) is 0 Å².